The van der Waals surface area contributed by atoms with Crippen molar-refractivity contribution in [3.63, 3.8) is 0 Å². The van der Waals surface area contributed by atoms with Gasteiger partial charge < -0.3 is 53.8 Å². The fourth-order valence-electron chi connectivity index (χ4n) is 10.2. The first kappa shape index (κ1) is 55.3. The van der Waals surface area contributed by atoms with Crippen LogP contribution in [0.25, 0.3) is 0 Å². The highest BCUT2D eigenvalue weighted by atomic mass is 33.1. The molecule has 2 bridgehead atoms. The smallest absolute Gasteiger partial charge is 0.455 e. The summed E-state index contributed by atoms with van der Waals surface area (Å²) in [6.45, 7) is 13.7. The molecule has 4 aliphatic rings. The number of alkyl carbamates (subject to hydrolysis) is 1. The molecule has 0 aromatic heterocycles. The van der Waals surface area contributed by atoms with Crippen molar-refractivity contribution in [1.29, 1.82) is 0 Å². The Morgan fingerprint density at radius 2 is 1.57 bits per heavy atom. The number of aliphatic hydroxyl groups is 3. The number of hydrogen-bond acceptors (Lipinski definition) is 18. The average Bonchev–Trinajstić information content (AvgIpc) is 3.27. The van der Waals surface area contributed by atoms with E-state index in [2.05, 4.69) is 5.32 Å². The van der Waals surface area contributed by atoms with Crippen molar-refractivity contribution >= 4 is 57.5 Å². The van der Waals surface area contributed by atoms with Crippen LogP contribution in [0.5, 0.6) is 0 Å². The molecule has 2 saturated carbocycles. The van der Waals surface area contributed by atoms with Crippen molar-refractivity contribution in [2.75, 3.05) is 24.7 Å². The molecular weight excluding hydrogens is 935 g/mol. The van der Waals surface area contributed by atoms with E-state index >= 15 is 4.79 Å². The zero-order valence-corrected chi connectivity index (χ0v) is 41.4. The van der Waals surface area contributed by atoms with Gasteiger partial charge in [-0.25, -0.2) is 19.2 Å². The molecule has 3 aliphatic carbocycles. The first-order valence-electron chi connectivity index (χ1n) is 22.7. The summed E-state index contributed by atoms with van der Waals surface area (Å²) in [5, 5.41) is 40.7. The van der Waals surface area contributed by atoms with E-state index in [1.54, 1.807) is 80.1 Å². The van der Waals surface area contributed by atoms with Gasteiger partial charge in [-0.1, -0.05) is 98.3 Å². The van der Waals surface area contributed by atoms with Crippen LogP contribution in [-0.4, -0.2) is 129 Å². The summed E-state index contributed by atoms with van der Waals surface area (Å²) in [5.74, 6) is -4.21. The number of carbonyl (C=O) groups is 6. The zero-order chi connectivity index (χ0) is 50.0. The number of fused-ring (bicyclic) bond motifs is 5. The lowest BCUT2D eigenvalue weighted by atomic mass is 9.44. The minimum absolute atomic E-state index is 0. The van der Waals surface area contributed by atoms with Crippen LogP contribution in [0.1, 0.15) is 111 Å². The molecule has 380 valence electrons. The van der Waals surface area contributed by atoms with Crippen LogP contribution in [0.2, 0.25) is 0 Å². The third-order valence-corrected chi connectivity index (χ3v) is 16.1. The van der Waals surface area contributed by atoms with Gasteiger partial charge >= 0.3 is 30.2 Å². The summed E-state index contributed by atoms with van der Waals surface area (Å²) in [7, 11) is 3.08. The molecule has 2 aromatic carbocycles. The molecule has 1 saturated heterocycles. The lowest BCUT2D eigenvalue weighted by Crippen LogP contribution is -2.81. The van der Waals surface area contributed by atoms with E-state index in [1.807, 2.05) is 6.92 Å². The monoisotopic (exact) mass is 1000 g/mol. The normalized spacial score (nSPS) is 29.9. The second-order valence-corrected chi connectivity index (χ2v) is 22.1. The molecule has 17 nitrogen and oxygen atoms in total. The van der Waals surface area contributed by atoms with Gasteiger partial charge in [-0.05, 0) is 69.9 Å². The Morgan fingerprint density at radius 1 is 0.942 bits per heavy atom. The largest absolute Gasteiger partial charge is 0.509 e. The predicted octanol–water partition coefficient (Wildman–Crippen LogP) is 6.85. The van der Waals surface area contributed by atoms with E-state index in [0.717, 1.165) is 19.1 Å². The quantitative estimate of drug-likeness (QED) is 0.0469. The number of nitrogens with one attached hydrogen (secondary N) is 1. The van der Waals surface area contributed by atoms with Gasteiger partial charge in [-0.15, -0.1) is 0 Å². The molecule has 6 rings (SSSR count). The summed E-state index contributed by atoms with van der Waals surface area (Å²) in [6, 6.07) is 14.5. The average molecular weight is 1000 g/mol. The maximum atomic E-state index is 15.2. The molecule has 69 heavy (non-hydrogen) atoms. The summed E-state index contributed by atoms with van der Waals surface area (Å²) >= 11 is 0. The fourth-order valence-corrected chi connectivity index (χ4v) is 12.1. The van der Waals surface area contributed by atoms with Crippen LogP contribution in [-0.2, 0) is 47.5 Å². The molecule has 1 amide bonds. The van der Waals surface area contributed by atoms with Crippen molar-refractivity contribution in [3.8, 4) is 0 Å². The Bertz CT molecular complexity index is 2230. The number of carbonyl (C=O) groups excluding carboxylic acids is 6. The number of Topliss-reactive ketones (excluding diaryl/α,β-unsaturated/α-hetero) is 1. The number of esters is 3. The lowest BCUT2D eigenvalue weighted by molar-refractivity contribution is -0.346. The van der Waals surface area contributed by atoms with Crippen LogP contribution in [0.3, 0.4) is 0 Å². The standard InChI is InChI=1S/C49H63NO16S2.CH4/c1-10-22-67-68-23-21-60-44(58)63-37(35(29-17-13-11-14-18-29)50-43(57)66-45(4,5)6)42(56)62-31-25-49(59)40(64-41(55)30-19-15-12-16-20-30)38-47(9,39(54)36(53)34(27(31)2)46(49,7)8)32(52)24-33-48(38,26-61-33)65-28(3)51;/h11-20,31-33,35-38,40,52-53,59H,10,21-26H2,1-9H3,(H,50,57);1H4/t31-,32-,33+,35-,36+,37+,38-,40-,47+,48-,49+;/m0./s1. The molecule has 1 aliphatic heterocycles. The first-order valence-corrected chi connectivity index (χ1v) is 25.2. The fraction of sp³-hybridized carbons (Fsp3) is 0.600. The maximum absolute atomic E-state index is 15.2. The highest BCUT2D eigenvalue weighted by Crippen LogP contribution is 2.64. The molecule has 0 radical (unpaired) electrons. The van der Waals surface area contributed by atoms with Gasteiger partial charge in [0.15, 0.2) is 11.4 Å². The van der Waals surface area contributed by atoms with Crippen molar-refractivity contribution in [1.82, 2.24) is 5.32 Å². The van der Waals surface area contributed by atoms with E-state index < -0.39 is 119 Å². The molecule has 2 aromatic rings. The van der Waals surface area contributed by atoms with Crippen molar-refractivity contribution < 1.29 is 77.2 Å². The van der Waals surface area contributed by atoms with E-state index in [1.165, 1.54) is 50.6 Å². The van der Waals surface area contributed by atoms with Crippen molar-refractivity contribution in [2.24, 2.45) is 16.7 Å². The van der Waals surface area contributed by atoms with Gasteiger partial charge in [0.25, 0.3) is 0 Å². The van der Waals surface area contributed by atoms with E-state index in [4.69, 9.17) is 33.2 Å². The lowest BCUT2D eigenvalue weighted by Gasteiger charge is -2.67. The minimum Gasteiger partial charge on any atom is -0.455 e. The van der Waals surface area contributed by atoms with Gasteiger partial charge in [0.05, 0.1) is 29.6 Å². The third kappa shape index (κ3) is 11.0. The summed E-state index contributed by atoms with van der Waals surface area (Å²) < 4.78 is 41.3. The third-order valence-electron chi connectivity index (χ3n) is 13.5. The molecule has 1 heterocycles. The van der Waals surface area contributed by atoms with Crippen LogP contribution in [0.4, 0.5) is 9.59 Å². The number of rotatable bonds is 15. The van der Waals surface area contributed by atoms with Crippen molar-refractivity contribution in [2.45, 2.75) is 148 Å². The van der Waals surface area contributed by atoms with Gasteiger partial charge in [-0.2, -0.15) is 0 Å². The summed E-state index contributed by atoms with van der Waals surface area (Å²) in [6.07, 6.45) is -12.1. The number of hydrogen-bond donors (Lipinski definition) is 4. The molecule has 11 atom stereocenters. The van der Waals surface area contributed by atoms with E-state index in [0.29, 0.717) is 11.3 Å². The van der Waals surface area contributed by atoms with E-state index in [-0.39, 0.29) is 43.8 Å². The van der Waals surface area contributed by atoms with Crippen LogP contribution in [0, 0.1) is 16.7 Å². The van der Waals surface area contributed by atoms with Crippen LogP contribution < -0.4 is 5.32 Å². The Kier molecular flexibility index (Phi) is 17.4. The molecule has 3 fully saturated rings. The summed E-state index contributed by atoms with van der Waals surface area (Å²) in [5.41, 5.74) is -8.57. The molecular formula is C50H67NO16S2. The number of aliphatic hydroxyl groups excluding tert-OH is 2. The number of benzene rings is 2. The second-order valence-electron chi connectivity index (χ2n) is 19.4. The highest BCUT2D eigenvalue weighted by Gasteiger charge is 2.78. The topological polar surface area (TPSA) is 240 Å². The molecule has 19 heteroatoms. The Morgan fingerprint density at radius 3 is 2.14 bits per heavy atom. The van der Waals surface area contributed by atoms with Gasteiger partial charge in [-0.3, -0.25) is 9.59 Å². The number of ether oxygens (including phenoxy) is 7. The van der Waals surface area contributed by atoms with Crippen LogP contribution in [0.15, 0.2) is 71.8 Å². The molecule has 0 unspecified atom stereocenters. The van der Waals surface area contributed by atoms with Gasteiger partial charge in [0, 0.05) is 36.7 Å². The Labute approximate surface area is 411 Å². The van der Waals surface area contributed by atoms with Crippen molar-refractivity contribution in [3.05, 3.63) is 82.9 Å². The maximum Gasteiger partial charge on any atom is 0.509 e. The number of ketones is 1. The van der Waals surface area contributed by atoms with Crippen LogP contribution >= 0.6 is 21.6 Å². The predicted molar refractivity (Wildman–Crippen MR) is 256 cm³/mol. The van der Waals surface area contributed by atoms with Gasteiger partial charge in [0.2, 0.25) is 6.10 Å². The SMILES string of the molecule is C.CCCSSCCOC(=O)O[C@@H](C(=O)O[C@H]1C[C@@]2(O)[C@@H](OC(=O)c3ccccc3)[C@@H]3[C@]4(OC(C)=O)CO[C@@H]4C[C@H](O)[C@@]3(C)C(=O)[C@H](O)C(=C1C)C2(C)C)[C@@H](NC(=O)OC(C)(C)C)c1ccccc1. The highest BCUT2D eigenvalue weighted by molar-refractivity contribution is 8.76. The Hall–Kier alpha value is -4.66. The van der Waals surface area contributed by atoms with E-state index in [9.17, 15) is 39.3 Å². The first-order chi connectivity index (χ1) is 31.9. The summed E-state index contributed by atoms with van der Waals surface area (Å²) in [4.78, 5) is 84.4. The Balaban J connectivity index is 0.00000888. The second kappa shape index (κ2) is 21.8. The minimum atomic E-state index is -2.43. The molecule has 4 N–H and O–H groups in total. The zero-order valence-electron chi connectivity index (χ0n) is 39.8. The molecule has 0 spiro atoms. The van der Waals surface area contributed by atoms with Gasteiger partial charge in [0.1, 0.15) is 48.3 Å². The number of amides is 1.